The number of carbonyl (C=O) groups is 1. The Balaban J connectivity index is 2.52. The maximum atomic E-state index is 11.8. The van der Waals surface area contributed by atoms with Crippen molar-refractivity contribution in [1.29, 1.82) is 0 Å². The van der Waals surface area contributed by atoms with E-state index in [2.05, 4.69) is 24.4 Å². The predicted octanol–water partition coefficient (Wildman–Crippen LogP) is 3.88. The fraction of sp³-hybridized carbons (Fsp3) is 0.429. The van der Waals surface area contributed by atoms with E-state index >= 15 is 0 Å². The monoisotopic (exact) mass is 266 g/mol. The fourth-order valence-corrected chi connectivity index (χ4v) is 1.58. The number of carbonyl (C=O) groups excluding carboxylic acids is 1. The summed E-state index contributed by atoms with van der Waals surface area (Å²) < 4.78 is 0. The van der Waals surface area contributed by atoms with E-state index in [1.807, 2.05) is 6.92 Å². The Bertz CT molecular complexity index is 441. The minimum atomic E-state index is -0.235. The van der Waals surface area contributed by atoms with Crippen molar-refractivity contribution in [1.82, 2.24) is 5.43 Å². The Morgan fingerprint density at radius 2 is 2.17 bits per heavy atom. The molecule has 18 heavy (non-hydrogen) atoms. The molecule has 0 radical (unpaired) electrons. The van der Waals surface area contributed by atoms with Gasteiger partial charge in [0, 0.05) is 16.3 Å². The van der Waals surface area contributed by atoms with Crippen LogP contribution in [0, 0.1) is 5.92 Å². The van der Waals surface area contributed by atoms with Gasteiger partial charge in [0.2, 0.25) is 0 Å². The van der Waals surface area contributed by atoms with Gasteiger partial charge in [-0.2, -0.15) is 5.10 Å². The average molecular weight is 267 g/mol. The molecule has 1 N–H and O–H groups in total. The number of benzene rings is 1. The molecule has 0 unspecified atom stereocenters. The first-order valence-electron chi connectivity index (χ1n) is 6.08. The molecule has 0 aromatic heterocycles. The lowest BCUT2D eigenvalue weighted by atomic mass is 10.1. The molecule has 0 bridgehead atoms. The van der Waals surface area contributed by atoms with Gasteiger partial charge in [-0.15, -0.1) is 0 Å². The van der Waals surface area contributed by atoms with E-state index in [9.17, 15) is 4.79 Å². The van der Waals surface area contributed by atoms with Crippen LogP contribution in [0.4, 0.5) is 0 Å². The van der Waals surface area contributed by atoms with Gasteiger partial charge in [-0.1, -0.05) is 31.5 Å². The zero-order valence-electron chi connectivity index (χ0n) is 11.0. The quantitative estimate of drug-likeness (QED) is 0.638. The number of nitrogens with zero attached hydrogens (tertiary/aromatic N) is 1. The molecule has 0 aliphatic carbocycles. The van der Waals surface area contributed by atoms with E-state index in [1.54, 1.807) is 24.3 Å². The van der Waals surface area contributed by atoms with Crippen LogP contribution >= 0.6 is 11.6 Å². The van der Waals surface area contributed by atoms with Gasteiger partial charge in [0.05, 0.1) is 0 Å². The molecular weight excluding hydrogens is 248 g/mol. The van der Waals surface area contributed by atoms with Gasteiger partial charge < -0.3 is 0 Å². The van der Waals surface area contributed by atoms with Gasteiger partial charge in [-0.25, -0.2) is 5.43 Å². The van der Waals surface area contributed by atoms with Crippen LogP contribution in [0.1, 0.15) is 44.0 Å². The zero-order chi connectivity index (χ0) is 13.5. The highest BCUT2D eigenvalue weighted by Gasteiger charge is 2.04. The van der Waals surface area contributed by atoms with Gasteiger partial charge in [0.25, 0.3) is 5.91 Å². The molecule has 0 atom stereocenters. The second-order valence-corrected chi connectivity index (χ2v) is 5.17. The highest BCUT2D eigenvalue weighted by Crippen LogP contribution is 2.10. The lowest BCUT2D eigenvalue weighted by Crippen LogP contribution is -2.19. The summed E-state index contributed by atoms with van der Waals surface area (Å²) in [4.78, 5) is 11.8. The minimum absolute atomic E-state index is 0.235. The summed E-state index contributed by atoms with van der Waals surface area (Å²) in [5, 5.41) is 4.62. The van der Waals surface area contributed by atoms with Crippen LogP contribution < -0.4 is 5.43 Å². The van der Waals surface area contributed by atoms with Gasteiger partial charge in [0.15, 0.2) is 0 Å². The van der Waals surface area contributed by atoms with Gasteiger partial charge in [-0.05, 0) is 43.9 Å². The van der Waals surface area contributed by atoms with Crippen LogP contribution in [-0.2, 0) is 0 Å². The van der Waals surface area contributed by atoms with Gasteiger partial charge in [-0.3, -0.25) is 4.79 Å². The molecule has 4 heteroatoms. The van der Waals surface area contributed by atoms with Crippen molar-refractivity contribution in [3.8, 4) is 0 Å². The summed E-state index contributed by atoms with van der Waals surface area (Å²) >= 11 is 5.82. The molecule has 0 saturated carbocycles. The highest BCUT2D eigenvalue weighted by atomic mass is 35.5. The molecule has 98 valence electrons. The topological polar surface area (TPSA) is 41.5 Å². The molecule has 0 fully saturated rings. The summed E-state index contributed by atoms with van der Waals surface area (Å²) in [5.41, 5.74) is 3.99. The van der Waals surface area contributed by atoms with E-state index in [4.69, 9.17) is 11.6 Å². The Hall–Kier alpha value is -1.35. The van der Waals surface area contributed by atoms with E-state index in [1.165, 1.54) is 0 Å². The van der Waals surface area contributed by atoms with Crippen LogP contribution in [0.15, 0.2) is 29.4 Å². The molecule has 1 rings (SSSR count). The second-order valence-electron chi connectivity index (χ2n) is 4.73. The molecule has 0 aliphatic heterocycles. The maximum absolute atomic E-state index is 11.8. The lowest BCUT2D eigenvalue weighted by molar-refractivity contribution is 0.0954. The summed E-state index contributed by atoms with van der Waals surface area (Å²) in [6.07, 6.45) is 1.97. The predicted molar refractivity (Wildman–Crippen MR) is 76.1 cm³/mol. The number of hydrogen-bond donors (Lipinski definition) is 1. The standard InChI is InChI=1S/C14H19ClN2O/c1-10(2)7-8-11(3)16-17-14(18)12-5-4-6-13(15)9-12/h4-6,9-10H,7-8H2,1-3H3,(H,17,18)/b16-11-. The van der Waals surface area contributed by atoms with Crippen molar-refractivity contribution in [2.75, 3.05) is 0 Å². The van der Waals surface area contributed by atoms with Crippen molar-refractivity contribution >= 4 is 23.2 Å². The van der Waals surface area contributed by atoms with E-state index in [-0.39, 0.29) is 5.91 Å². The van der Waals surface area contributed by atoms with Gasteiger partial charge >= 0.3 is 0 Å². The van der Waals surface area contributed by atoms with E-state index in [0.29, 0.717) is 16.5 Å². The van der Waals surface area contributed by atoms with Crippen LogP contribution in [0.3, 0.4) is 0 Å². The van der Waals surface area contributed by atoms with Crippen LogP contribution in [0.25, 0.3) is 0 Å². The van der Waals surface area contributed by atoms with Crippen LogP contribution in [-0.4, -0.2) is 11.6 Å². The minimum Gasteiger partial charge on any atom is -0.267 e. The third kappa shape index (κ3) is 5.32. The number of hydrogen-bond acceptors (Lipinski definition) is 2. The van der Waals surface area contributed by atoms with Gasteiger partial charge in [0.1, 0.15) is 0 Å². The first-order valence-corrected chi connectivity index (χ1v) is 6.46. The molecule has 1 aromatic rings. The third-order valence-electron chi connectivity index (χ3n) is 2.52. The molecule has 0 heterocycles. The lowest BCUT2D eigenvalue weighted by Gasteiger charge is -2.05. The second kappa shape index (κ2) is 7.17. The number of rotatable bonds is 5. The normalized spacial score (nSPS) is 11.7. The van der Waals surface area contributed by atoms with Crippen molar-refractivity contribution in [3.63, 3.8) is 0 Å². The SMILES string of the molecule is C/C(CCC(C)C)=N/NC(=O)c1cccc(Cl)c1. The summed E-state index contributed by atoms with van der Waals surface area (Å²) in [6, 6.07) is 6.80. The molecule has 0 saturated heterocycles. The van der Waals surface area contributed by atoms with Crippen molar-refractivity contribution in [3.05, 3.63) is 34.9 Å². The highest BCUT2D eigenvalue weighted by molar-refractivity contribution is 6.30. The summed E-state index contributed by atoms with van der Waals surface area (Å²) in [5.74, 6) is 0.403. The molecule has 3 nitrogen and oxygen atoms in total. The third-order valence-corrected chi connectivity index (χ3v) is 2.75. The van der Waals surface area contributed by atoms with Crippen molar-refractivity contribution < 1.29 is 4.79 Å². The van der Waals surface area contributed by atoms with Crippen molar-refractivity contribution in [2.24, 2.45) is 11.0 Å². The molecule has 0 spiro atoms. The van der Waals surface area contributed by atoms with Crippen molar-refractivity contribution in [2.45, 2.75) is 33.6 Å². The molecular formula is C14H19ClN2O. The summed E-state index contributed by atoms with van der Waals surface area (Å²) in [6.45, 7) is 6.25. The Morgan fingerprint density at radius 1 is 1.44 bits per heavy atom. The largest absolute Gasteiger partial charge is 0.271 e. The number of amides is 1. The molecule has 1 amide bonds. The average Bonchev–Trinajstić information content (AvgIpc) is 2.33. The first kappa shape index (κ1) is 14.7. The Labute approximate surface area is 113 Å². The van der Waals surface area contributed by atoms with Crippen LogP contribution in [0.5, 0.6) is 0 Å². The smallest absolute Gasteiger partial charge is 0.267 e. The van der Waals surface area contributed by atoms with E-state index in [0.717, 1.165) is 18.6 Å². The first-order chi connectivity index (χ1) is 8.49. The Kier molecular flexibility index (Phi) is 5.86. The molecule has 0 aliphatic rings. The Morgan fingerprint density at radius 3 is 2.78 bits per heavy atom. The van der Waals surface area contributed by atoms with Crippen LogP contribution in [0.2, 0.25) is 5.02 Å². The number of nitrogens with one attached hydrogen (secondary N) is 1. The number of halogens is 1. The number of hydrazone groups is 1. The maximum Gasteiger partial charge on any atom is 0.271 e. The molecule has 1 aromatic carbocycles. The zero-order valence-corrected chi connectivity index (χ0v) is 11.8. The fourth-order valence-electron chi connectivity index (χ4n) is 1.39. The summed E-state index contributed by atoms with van der Waals surface area (Å²) in [7, 11) is 0. The van der Waals surface area contributed by atoms with E-state index < -0.39 is 0 Å².